The summed E-state index contributed by atoms with van der Waals surface area (Å²) in [6.07, 6.45) is 2.45. The Balaban J connectivity index is 1.61. The molecular formula is C17H22N2O3S. The molecule has 23 heavy (non-hydrogen) atoms. The second kappa shape index (κ2) is 7.36. The number of carbonyl (C=O) groups excluding carboxylic acids is 2. The smallest absolute Gasteiger partial charge is 0.238 e. The molecule has 3 rings (SSSR count). The molecule has 1 fully saturated rings. The number of thioether (sulfide) groups is 1. The van der Waals surface area contributed by atoms with Gasteiger partial charge in [0.15, 0.2) is 0 Å². The molecule has 0 spiro atoms. The largest absolute Gasteiger partial charge is 0.376 e. The van der Waals surface area contributed by atoms with Crippen LogP contribution in [0.1, 0.15) is 26.2 Å². The van der Waals surface area contributed by atoms with Crippen molar-refractivity contribution >= 4 is 29.3 Å². The zero-order valence-corrected chi connectivity index (χ0v) is 14.1. The van der Waals surface area contributed by atoms with Crippen LogP contribution in [0.25, 0.3) is 0 Å². The summed E-state index contributed by atoms with van der Waals surface area (Å²) < 4.78 is 5.61. The zero-order chi connectivity index (χ0) is 16.2. The minimum atomic E-state index is -0.365. The maximum Gasteiger partial charge on any atom is 0.238 e. The molecule has 1 aromatic carbocycles. The lowest BCUT2D eigenvalue weighted by atomic mass is 10.2. The number of rotatable bonds is 5. The highest BCUT2D eigenvalue weighted by Crippen LogP contribution is 2.36. The van der Waals surface area contributed by atoms with E-state index in [0.717, 1.165) is 30.0 Å². The number of fused-ring (bicyclic) bond motifs is 1. The number of hydrogen-bond acceptors (Lipinski definition) is 4. The highest BCUT2D eigenvalue weighted by Gasteiger charge is 2.31. The Bertz CT molecular complexity index is 587. The minimum Gasteiger partial charge on any atom is -0.376 e. The van der Waals surface area contributed by atoms with Gasteiger partial charge in [0.2, 0.25) is 11.8 Å². The SMILES string of the molecule is CCN(C[C@H]1CCCO1)C(=O)C[C@H]1Sc2ccccc2NC1=O. The van der Waals surface area contributed by atoms with E-state index in [4.69, 9.17) is 4.74 Å². The average Bonchev–Trinajstić information content (AvgIpc) is 3.06. The molecular weight excluding hydrogens is 312 g/mol. The van der Waals surface area contributed by atoms with Crippen LogP contribution in [0.3, 0.4) is 0 Å². The van der Waals surface area contributed by atoms with E-state index in [2.05, 4.69) is 5.32 Å². The standard InChI is InChI=1S/C17H22N2O3S/c1-2-19(11-12-6-5-9-22-12)16(20)10-15-17(21)18-13-7-3-4-8-14(13)23-15/h3-4,7-8,12,15H,2,5-6,9-11H2,1H3,(H,18,21)/t12-,15-/m1/s1. The van der Waals surface area contributed by atoms with Gasteiger partial charge in [-0.3, -0.25) is 9.59 Å². The fourth-order valence-electron chi connectivity index (χ4n) is 2.96. The Labute approximate surface area is 140 Å². The first-order valence-electron chi connectivity index (χ1n) is 8.13. The summed E-state index contributed by atoms with van der Waals surface area (Å²) in [5.74, 6) is -0.0646. The summed E-state index contributed by atoms with van der Waals surface area (Å²) >= 11 is 1.47. The molecule has 2 aliphatic heterocycles. The summed E-state index contributed by atoms with van der Waals surface area (Å²) in [6, 6.07) is 7.69. The molecule has 1 aromatic rings. The van der Waals surface area contributed by atoms with Crippen LogP contribution in [0.2, 0.25) is 0 Å². The summed E-state index contributed by atoms with van der Waals surface area (Å²) in [5.41, 5.74) is 0.831. The van der Waals surface area contributed by atoms with Crippen molar-refractivity contribution < 1.29 is 14.3 Å². The van der Waals surface area contributed by atoms with Crippen LogP contribution in [0, 0.1) is 0 Å². The van der Waals surface area contributed by atoms with Gasteiger partial charge < -0.3 is 15.0 Å². The third kappa shape index (κ3) is 3.87. The van der Waals surface area contributed by atoms with Crippen LogP contribution in [-0.2, 0) is 14.3 Å². The number of para-hydroxylation sites is 1. The lowest BCUT2D eigenvalue weighted by molar-refractivity contribution is -0.133. The molecule has 1 saturated heterocycles. The highest BCUT2D eigenvalue weighted by atomic mass is 32.2. The number of ether oxygens (including phenoxy) is 1. The minimum absolute atomic E-state index is 0.0232. The molecule has 2 amide bonds. The normalized spacial score (nSPS) is 23.3. The monoisotopic (exact) mass is 334 g/mol. The van der Waals surface area contributed by atoms with Crippen LogP contribution < -0.4 is 5.32 Å². The Hall–Kier alpha value is -1.53. The Kier molecular flexibility index (Phi) is 5.23. The summed E-state index contributed by atoms with van der Waals surface area (Å²) in [4.78, 5) is 27.6. The average molecular weight is 334 g/mol. The molecule has 1 N–H and O–H groups in total. The van der Waals surface area contributed by atoms with Crippen molar-refractivity contribution in [3.05, 3.63) is 24.3 Å². The van der Waals surface area contributed by atoms with E-state index in [1.165, 1.54) is 11.8 Å². The number of benzene rings is 1. The second-order valence-corrected chi connectivity index (χ2v) is 7.11. The predicted molar refractivity (Wildman–Crippen MR) is 90.6 cm³/mol. The number of likely N-dealkylation sites (N-methyl/N-ethyl adjacent to an activating group) is 1. The van der Waals surface area contributed by atoms with Gasteiger partial charge in [0.1, 0.15) is 0 Å². The number of nitrogens with one attached hydrogen (secondary N) is 1. The van der Waals surface area contributed by atoms with Gasteiger partial charge in [0.25, 0.3) is 0 Å². The Morgan fingerprint density at radius 2 is 2.26 bits per heavy atom. The van der Waals surface area contributed by atoms with Crippen molar-refractivity contribution in [3.8, 4) is 0 Å². The van der Waals surface area contributed by atoms with E-state index in [1.54, 1.807) is 0 Å². The number of amides is 2. The maximum absolute atomic E-state index is 12.6. The fraction of sp³-hybridized carbons (Fsp3) is 0.529. The van der Waals surface area contributed by atoms with E-state index in [-0.39, 0.29) is 29.6 Å². The highest BCUT2D eigenvalue weighted by molar-refractivity contribution is 8.01. The molecule has 0 radical (unpaired) electrons. The van der Waals surface area contributed by atoms with Gasteiger partial charge in [0.05, 0.1) is 17.0 Å². The summed E-state index contributed by atoms with van der Waals surface area (Å²) in [6.45, 7) is 4.03. The van der Waals surface area contributed by atoms with Crippen LogP contribution in [0.15, 0.2) is 29.2 Å². The van der Waals surface area contributed by atoms with Crippen molar-refractivity contribution in [3.63, 3.8) is 0 Å². The third-order valence-electron chi connectivity index (χ3n) is 4.25. The van der Waals surface area contributed by atoms with E-state index in [1.807, 2.05) is 36.1 Å². The van der Waals surface area contributed by atoms with Crippen molar-refractivity contribution in [1.82, 2.24) is 4.90 Å². The van der Waals surface area contributed by atoms with Crippen molar-refractivity contribution in [2.24, 2.45) is 0 Å². The van der Waals surface area contributed by atoms with E-state index >= 15 is 0 Å². The molecule has 2 atom stereocenters. The Morgan fingerprint density at radius 3 is 3.00 bits per heavy atom. The number of hydrogen-bond donors (Lipinski definition) is 1. The second-order valence-electron chi connectivity index (χ2n) is 5.86. The van der Waals surface area contributed by atoms with Crippen molar-refractivity contribution in [2.45, 2.75) is 42.4 Å². The molecule has 2 heterocycles. The number of nitrogens with zero attached hydrogens (tertiary/aromatic N) is 1. The van der Waals surface area contributed by atoms with Crippen LogP contribution in [-0.4, -0.2) is 47.8 Å². The van der Waals surface area contributed by atoms with E-state index in [0.29, 0.717) is 13.1 Å². The third-order valence-corrected chi connectivity index (χ3v) is 5.52. The molecule has 6 heteroatoms. The first-order valence-corrected chi connectivity index (χ1v) is 9.01. The molecule has 0 saturated carbocycles. The van der Waals surface area contributed by atoms with Crippen LogP contribution in [0.4, 0.5) is 5.69 Å². The van der Waals surface area contributed by atoms with Gasteiger partial charge in [-0.25, -0.2) is 0 Å². The number of anilines is 1. The first-order chi connectivity index (χ1) is 11.2. The predicted octanol–water partition coefficient (Wildman–Crippen LogP) is 2.52. The molecule has 2 aliphatic rings. The lowest BCUT2D eigenvalue weighted by Gasteiger charge is -2.28. The fourth-order valence-corrected chi connectivity index (χ4v) is 4.06. The maximum atomic E-state index is 12.6. The lowest BCUT2D eigenvalue weighted by Crippen LogP contribution is -2.40. The quantitative estimate of drug-likeness (QED) is 0.899. The number of carbonyl (C=O) groups is 2. The molecule has 124 valence electrons. The molecule has 5 nitrogen and oxygen atoms in total. The van der Waals surface area contributed by atoms with Gasteiger partial charge >= 0.3 is 0 Å². The van der Waals surface area contributed by atoms with Gasteiger partial charge in [-0.15, -0.1) is 11.8 Å². The summed E-state index contributed by atoms with van der Waals surface area (Å²) in [5, 5.41) is 2.53. The van der Waals surface area contributed by atoms with Gasteiger partial charge in [-0.2, -0.15) is 0 Å². The van der Waals surface area contributed by atoms with Crippen molar-refractivity contribution in [1.29, 1.82) is 0 Å². The molecule has 0 aromatic heterocycles. The van der Waals surface area contributed by atoms with Gasteiger partial charge in [0, 0.05) is 31.0 Å². The van der Waals surface area contributed by atoms with Crippen LogP contribution >= 0.6 is 11.8 Å². The van der Waals surface area contributed by atoms with Gasteiger partial charge in [-0.1, -0.05) is 12.1 Å². The van der Waals surface area contributed by atoms with Gasteiger partial charge in [-0.05, 0) is 31.9 Å². The molecule has 0 bridgehead atoms. The molecule has 0 aliphatic carbocycles. The van der Waals surface area contributed by atoms with E-state index in [9.17, 15) is 9.59 Å². The molecule has 0 unspecified atom stereocenters. The zero-order valence-electron chi connectivity index (χ0n) is 13.3. The topological polar surface area (TPSA) is 58.6 Å². The van der Waals surface area contributed by atoms with E-state index < -0.39 is 0 Å². The van der Waals surface area contributed by atoms with Crippen LogP contribution in [0.5, 0.6) is 0 Å². The first kappa shape index (κ1) is 16.3. The Morgan fingerprint density at radius 1 is 1.43 bits per heavy atom. The van der Waals surface area contributed by atoms with Crippen molar-refractivity contribution in [2.75, 3.05) is 25.0 Å². The summed E-state index contributed by atoms with van der Waals surface area (Å²) in [7, 11) is 0.